The molecule has 1 N–H and O–H groups in total. The Hall–Kier alpha value is -1.29. The molecular weight excluding hydrogens is 250 g/mol. The van der Waals surface area contributed by atoms with Crippen LogP contribution in [0.15, 0.2) is 12.3 Å². The zero-order chi connectivity index (χ0) is 13.1. The van der Waals surface area contributed by atoms with Crippen LogP contribution in [0.2, 0.25) is 5.02 Å². The van der Waals surface area contributed by atoms with Gasteiger partial charge in [-0.2, -0.15) is 0 Å². The minimum Gasteiger partial charge on any atom is -0.372 e. The van der Waals surface area contributed by atoms with E-state index in [-0.39, 0.29) is 5.91 Å². The highest BCUT2D eigenvalue weighted by Crippen LogP contribution is 2.29. The lowest BCUT2D eigenvalue weighted by molar-refractivity contribution is 0.0743. The first-order valence-electron chi connectivity index (χ1n) is 6.31. The number of amides is 1. The molecule has 2 rings (SSSR count). The van der Waals surface area contributed by atoms with Gasteiger partial charge in [0.25, 0.3) is 5.91 Å². The van der Waals surface area contributed by atoms with Crippen LogP contribution in [0.3, 0.4) is 0 Å². The van der Waals surface area contributed by atoms with Crippen molar-refractivity contribution in [3.63, 3.8) is 0 Å². The highest BCUT2D eigenvalue weighted by molar-refractivity contribution is 6.33. The zero-order valence-electron chi connectivity index (χ0n) is 10.7. The number of hydrogen-bond acceptors (Lipinski definition) is 3. The van der Waals surface area contributed by atoms with Gasteiger partial charge in [0.2, 0.25) is 0 Å². The molecule has 0 unspecified atom stereocenters. The number of carbonyl (C=O) groups excluding carboxylic acids is 1. The summed E-state index contributed by atoms with van der Waals surface area (Å²) in [4.78, 5) is 18.5. The van der Waals surface area contributed by atoms with Crippen molar-refractivity contribution in [1.82, 2.24) is 9.88 Å². The number of nitrogens with one attached hydrogen (secondary N) is 1. The third kappa shape index (κ3) is 2.75. The van der Waals surface area contributed by atoms with Gasteiger partial charge in [-0.3, -0.25) is 4.79 Å². The largest absolute Gasteiger partial charge is 0.372 e. The molecule has 0 bridgehead atoms. The number of pyridine rings is 1. The van der Waals surface area contributed by atoms with Crippen molar-refractivity contribution in [3.05, 3.63) is 22.8 Å². The van der Waals surface area contributed by atoms with E-state index in [2.05, 4.69) is 17.2 Å². The molecule has 1 saturated carbocycles. The van der Waals surface area contributed by atoms with Gasteiger partial charge in [0, 0.05) is 25.8 Å². The summed E-state index contributed by atoms with van der Waals surface area (Å²) in [7, 11) is 1.75. The lowest BCUT2D eigenvalue weighted by Crippen LogP contribution is -2.33. The first kappa shape index (κ1) is 13.1. The van der Waals surface area contributed by atoms with Crippen LogP contribution in [0.5, 0.6) is 0 Å². The quantitative estimate of drug-likeness (QED) is 0.892. The maximum Gasteiger partial charge on any atom is 0.255 e. The summed E-state index contributed by atoms with van der Waals surface area (Å²) in [5.41, 5.74) is 0.569. The molecule has 1 aliphatic rings. The van der Waals surface area contributed by atoms with Crippen molar-refractivity contribution in [2.45, 2.75) is 32.2 Å². The number of hydrogen-bond donors (Lipinski definition) is 1. The van der Waals surface area contributed by atoms with E-state index in [1.807, 2.05) is 4.90 Å². The van der Waals surface area contributed by atoms with Crippen LogP contribution in [0.25, 0.3) is 0 Å². The van der Waals surface area contributed by atoms with E-state index in [0.717, 1.165) is 25.8 Å². The van der Waals surface area contributed by atoms with Crippen LogP contribution < -0.4 is 5.32 Å². The van der Waals surface area contributed by atoms with Crippen molar-refractivity contribution >= 4 is 23.3 Å². The number of carbonyl (C=O) groups is 1. The summed E-state index contributed by atoms with van der Waals surface area (Å²) in [5, 5.41) is 3.36. The molecule has 0 spiro atoms. The predicted molar refractivity (Wildman–Crippen MR) is 73.1 cm³/mol. The van der Waals surface area contributed by atoms with Crippen LogP contribution >= 0.6 is 11.6 Å². The Balaban J connectivity index is 2.18. The first-order chi connectivity index (χ1) is 8.67. The fraction of sp³-hybridized carbons (Fsp3) is 0.538. The van der Waals surface area contributed by atoms with Gasteiger partial charge in [0.1, 0.15) is 5.82 Å². The topological polar surface area (TPSA) is 45.2 Å². The van der Waals surface area contributed by atoms with Gasteiger partial charge < -0.3 is 10.2 Å². The molecule has 0 saturated heterocycles. The van der Waals surface area contributed by atoms with Gasteiger partial charge in [-0.05, 0) is 25.3 Å². The fourth-order valence-corrected chi connectivity index (χ4v) is 2.24. The van der Waals surface area contributed by atoms with Crippen molar-refractivity contribution in [2.24, 2.45) is 0 Å². The molecule has 0 radical (unpaired) electrons. The molecular formula is C13H18ClN3O. The molecule has 1 amide bonds. The van der Waals surface area contributed by atoms with E-state index < -0.39 is 0 Å². The summed E-state index contributed by atoms with van der Waals surface area (Å²) in [6.07, 6.45) is 4.78. The normalized spacial score (nSPS) is 14.4. The molecule has 98 valence electrons. The van der Waals surface area contributed by atoms with Crippen molar-refractivity contribution < 1.29 is 4.79 Å². The summed E-state index contributed by atoms with van der Waals surface area (Å²) in [5.74, 6) is 0.637. The average Bonchev–Trinajstić information content (AvgIpc) is 3.19. The third-order valence-corrected chi connectivity index (χ3v) is 3.33. The standard InChI is InChI=1S/C13H18ClN3O/c1-3-6-17(10-4-5-10)13(18)9-7-11(14)12(15-2)16-8-9/h7-8,10H,3-6H2,1-2H3,(H,15,16). The summed E-state index contributed by atoms with van der Waals surface area (Å²) < 4.78 is 0. The van der Waals surface area contributed by atoms with Gasteiger partial charge in [-0.15, -0.1) is 0 Å². The first-order valence-corrected chi connectivity index (χ1v) is 6.69. The second-order valence-corrected chi connectivity index (χ2v) is 4.94. The Morgan fingerprint density at radius 3 is 2.83 bits per heavy atom. The minimum atomic E-state index is 0.0383. The van der Waals surface area contributed by atoms with Crippen LogP contribution in [0, 0.1) is 0 Å². The second kappa shape index (κ2) is 5.57. The minimum absolute atomic E-state index is 0.0383. The monoisotopic (exact) mass is 267 g/mol. The number of halogens is 1. The Kier molecular flexibility index (Phi) is 4.07. The molecule has 1 fully saturated rings. The highest BCUT2D eigenvalue weighted by atomic mass is 35.5. The van der Waals surface area contributed by atoms with E-state index in [0.29, 0.717) is 22.4 Å². The van der Waals surface area contributed by atoms with Gasteiger partial charge in [-0.25, -0.2) is 4.98 Å². The molecule has 1 aromatic rings. The second-order valence-electron chi connectivity index (χ2n) is 4.53. The maximum absolute atomic E-state index is 12.4. The number of nitrogens with zero attached hydrogens (tertiary/aromatic N) is 2. The lowest BCUT2D eigenvalue weighted by atomic mass is 10.2. The van der Waals surface area contributed by atoms with Crippen molar-refractivity contribution in [2.75, 3.05) is 18.9 Å². The van der Waals surface area contributed by atoms with Gasteiger partial charge >= 0.3 is 0 Å². The van der Waals surface area contributed by atoms with E-state index >= 15 is 0 Å². The van der Waals surface area contributed by atoms with E-state index in [1.165, 1.54) is 0 Å². The molecule has 0 aromatic carbocycles. The fourth-order valence-electron chi connectivity index (χ4n) is 1.98. The summed E-state index contributed by atoms with van der Waals surface area (Å²) in [6, 6.07) is 2.11. The smallest absolute Gasteiger partial charge is 0.255 e. The Morgan fingerprint density at radius 1 is 1.61 bits per heavy atom. The van der Waals surface area contributed by atoms with Gasteiger partial charge in [0.15, 0.2) is 0 Å². The van der Waals surface area contributed by atoms with Gasteiger partial charge in [-0.1, -0.05) is 18.5 Å². The average molecular weight is 268 g/mol. The Labute approximate surface area is 112 Å². The third-order valence-electron chi connectivity index (χ3n) is 3.04. The van der Waals surface area contributed by atoms with Gasteiger partial charge in [0.05, 0.1) is 10.6 Å². The Morgan fingerprint density at radius 2 is 2.33 bits per heavy atom. The molecule has 0 aliphatic heterocycles. The van der Waals surface area contributed by atoms with Crippen LogP contribution in [0.1, 0.15) is 36.5 Å². The van der Waals surface area contributed by atoms with Crippen molar-refractivity contribution in [3.8, 4) is 0 Å². The predicted octanol–water partition coefficient (Wildman–Crippen LogP) is 2.79. The Bertz CT molecular complexity index is 446. The van der Waals surface area contributed by atoms with E-state index in [9.17, 15) is 4.79 Å². The molecule has 0 atom stereocenters. The van der Waals surface area contributed by atoms with Crippen LogP contribution in [-0.4, -0.2) is 35.4 Å². The SMILES string of the molecule is CCCN(C(=O)c1cnc(NC)c(Cl)c1)C1CC1. The molecule has 1 heterocycles. The van der Waals surface area contributed by atoms with Crippen LogP contribution in [0.4, 0.5) is 5.82 Å². The molecule has 5 heteroatoms. The van der Waals surface area contributed by atoms with Crippen LogP contribution in [-0.2, 0) is 0 Å². The summed E-state index contributed by atoms with van der Waals surface area (Å²) in [6.45, 7) is 2.88. The maximum atomic E-state index is 12.4. The molecule has 1 aromatic heterocycles. The van der Waals surface area contributed by atoms with E-state index in [4.69, 9.17) is 11.6 Å². The van der Waals surface area contributed by atoms with Crippen molar-refractivity contribution in [1.29, 1.82) is 0 Å². The molecule has 1 aliphatic carbocycles. The molecule has 4 nitrogen and oxygen atoms in total. The number of anilines is 1. The zero-order valence-corrected chi connectivity index (χ0v) is 11.5. The number of aromatic nitrogens is 1. The van der Waals surface area contributed by atoms with E-state index in [1.54, 1.807) is 19.3 Å². The summed E-state index contributed by atoms with van der Waals surface area (Å²) >= 11 is 6.05. The highest BCUT2D eigenvalue weighted by Gasteiger charge is 2.32. The molecule has 18 heavy (non-hydrogen) atoms. The lowest BCUT2D eigenvalue weighted by Gasteiger charge is -2.21. The number of rotatable bonds is 5.